The topological polar surface area (TPSA) is 69.6 Å². The van der Waals surface area contributed by atoms with Crippen molar-refractivity contribution < 1.29 is 15.0 Å². The average Bonchev–Trinajstić information content (AvgIpc) is 3.03. The van der Waals surface area contributed by atoms with Crippen LogP contribution >= 0.6 is 0 Å². The first kappa shape index (κ1) is 42.9. The van der Waals surface area contributed by atoms with Gasteiger partial charge in [0.15, 0.2) is 0 Å². The van der Waals surface area contributed by atoms with Gasteiger partial charge in [-0.2, -0.15) is 0 Å². The summed E-state index contributed by atoms with van der Waals surface area (Å²) in [7, 11) is 0. The fraction of sp³-hybridized carbons (Fsp3) is 0.875. The highest BCUT2D eigenvalue weighted by Crippen LogP contribution is 2.14. The van der Waals surface area contributed by atoms with Crippen LogP contribution in [0.5, 0.6) is 0 Å². The number of hydrogen-bond acceptors (Lipinski definition) is 3. The van der Waals surface area contributed by atoms with Gasteiger partial charge in [0.1, 0.15) is 0 Å². The number of nitrogens with one attached hydrogen (secondary N) is 1. The third kappa shape index (κ3) is 32.3. The molecule has 0 aromatic carbocycles. The molecule has 4 heteroatoms. The molecule has 2 atom stereocenters. The zero-order chi connectivity index (χ0) is 32.2. The van der Waals surface area contributed by atoms with Gasteiger partial charge >= 0.3 is 0 Å². The van der Waals surface area contributed by atoms with E-state index in [1.165, 1.54) is 148 Å². The van der Waals surface area contributed by atoms with Crippen molar-refractivity contribution in [1.29, 1.82) is 0 Å². The van der Waals surface area contributed by atoms with Crippen LogP contribution in [-0.4, -0.2) is 34.9 Å². The van der Waals surface area contributed by atoms with Gasteiger partial charge in [0.25, 0.3) is 0 Å². The van der Waals surface area contributed by atoms with E-state index in [9.17, 15) is 15.0 Å². The highest BCUT2D eigenvalue weighted by Gasteiger charge is 2.19. The number of amides is 1. The van der Waals surface area contributed by atoms with Crippen LogP contribution in [0.1, 0.15) is 206 Å². The molecule has 260 valence electrons. The van der Waals surface area contributed by atoms with Crippen molar-refractivity contribution in [3.8, 4) is 0 Å². The Bertz CT molecular complexity index is 632. The van der Waals surface area contributed by atoms with E-state index in [-0.39, 0.29) is 12.5 Å². The highest BCUT2D eigenvalue weighted by molar-refractivity contribution is 5.76. The molecule has 0 fully saturated rings. The van der Waals surface area contributed by atoms with Gasteiger partial charge < -0.3 is 15.5 Å². The molecule has 0 spiro atoms. The Balaban J connectivity index is 3.59. The molecule has 0 aromatic rings. The van der Waals surface area contributed by atoms with Crippen molar-refractivity contribution in [1.82, 2.24) is 5.32 Å². The van der Waals surface area contributed by atoms with Gasteiger partial charge in [0.2, 0.25) is 5.91 Å². The van der Waals surface area contributed by atoms with Crippen LogP contribution in [0.15, 0.2) is 24.3 Å². The standard InChI is InChI=1S/C40H77NO3/c1-3-5-7-9-11-13-15-17-19-20-22-24-26-28-30-32-34-36-40(44)41-38(37-42)39(43)35-33-31-29-27-25-23-21-18-16-14-12-10-8-6-4-2/h17,19,25,27,38-39,42-43H,3-16,18,20-24,26,28-37H2,1-2H3,(H,41,44)/b19-17+,27-25+/t38-,39+/m0/s1. The van der Waals surface area contributed by atoms with E-state index in [1.807, 2.05) is 0 Å². The third-order valence-electron chi connectivity index (χ3n) is 8.93. The number of carbonyl (C=O) groups excluding carboxylic acids is 1. The summed E-state index contributed by atoms with van der Waals surface area (Å²) in [6.07, 6.45) is 45.2. The summed E-state index contributed by atoms with van der Waals surface area (Å²) < 4.78 is 0. The number of carbonyl (C=O) groups is 1. The number of aliphatic hydroxyl groups excluding tert-OH is 2. The molecule has 0 radical (unpaired) electrons. The summed E-state index contributed by atoms with van der Waals surface area (Å²) in [6.45, 7) is 4.33. The lowest BCUT2D eigenvalue weighted by Gasteiger charge is -2.22. The van der Waals surface area contributed by atoms with Crippen LogP contribution in [-0.2, 0) is 4.79 Å². The number of aliphatic hydroxyl groups is 2. The van der Waals surface area contributed by atoms with Crippen molar-refractivity contribution in [2.24, 2.45) is 0 Å². The van der Waals surface area contributed by atoms with E-state index >= 15 is 0 Å². The predicted octanol–water partition coefficient (Wildman–Crippen LogP) is 11.7. The second-order valence-electron chi connectivity index (χ2n) is 13.3. The van der Waals surface area contributed by atoms with Gasteiger partial charge in [0.05, 0.1) is 18.8 Å². The van der Waals surface area contributed by atoms with Gasteiger partial charge in [-0.25, -0.2) is 0 Å². The lowest BCUT2D eigenvalue weighted by Crippen LogP contribution is -2.45. The predicted molar refractivity (Wildman–Crippen MR) is 193 cm³/mol. The fourth-order valence-corrected chi connectivity index (χ4v) is 5.88. The minimum atomic E-state index is -0.680. The summed E-state index contributed by atoms with van der Waals surface area (Å²) in [4.78, 5) is 12.3. The molecule has 0 saturated carbocycles. The van der Waals surface area contributed by atoms with Crippen LogP contribution in [0.4, 0.5) is 0 Å². The molecule has 0 aliphatic rings. The van der Waals surface area contributed by atoms with Crippen molar-refractivity contribution in [2.45, 2.75) is 219 Å². The largest absolute Gasteiger partial charge is 0.394 e. The number of hydrogen-bond donors (Lipinski definition) is 3. The third-order valence-corrected chi connectivity index (χ3v) is 8.93. The quantitative estimate of drug-likeness (QED) is 0.0488. The molecular weight excluding hydrogens is 542 g/mol. The van der Waals surface area contributed by atoms with E-state index in [1.54, 1.807) is 0 Å². The number of rotatable bonds is 35. The molecule has 0 aromatic heterocycles. The van der Waals surface area contributed by atoms with Gasteiger partial charge in [0, 0.05) is 6.42 Å². The summed E-state index contributed by atoms with van der Waals surface area (Å²) in [5.41, 5.74) is 0. The normalized spacial score (nSPS) is 13.3. The lowest BCUT2D eigenvalue weighted by atomic mass is 10.0. The summed E-state index contributed by atoms with van der Waals surface area (Å²) >= 11 is 0. The van der Waals surface area contributed by atoms with Gasteiger partial charge in [-0.1, -0.05) is 160 Å². The average molecular weight is 620 g/mol. The van der Waals surface area contributed by atoms with E-state index in [0.717, 1.165) is 32.1 Å². The first-order valence-electron chi connectivity index (χ1n) is 19.5. The monoisotopic (exact) mass is 620 g/mol. The molecular formula is C40H77NO3. The highest BCUT2D eigenvalue weighted by atomic mass is 16.3. The summed E-state index contributed by atoms with van der Waals surface area (Å²) in [6, 6.07) is -0.551. The Kier molecular flexibility index (Phi) is 35.4. The smallest absolute Gasteiger partial charge is 0.220 e. The van der Waals surface area contributed by atoms with Crippen LogP contribution in [0.25, 0.3) is 0 Å². The fourth-order valence-electron chi connectivity index (χ4n) is 5.88. The Hall–Kier alpha value is -1.13. The maximum atomic E-state index is 12.3. The minimum Gasteiger partial charge on any atom is -0.394 e. The molecule has 0 heterocycles. The Labute approximate surface area is 275 Å². The summed E-state index contributed by atoms with van der Waals surface area (Å²) in [5.74, 6) is -0.0460. The van der Waals surface area contributed by atoms with Gasteiger partial charge in [-0.05, 0) is 64.2 Å². The Morgan fingerprint density at radius 1 is 0.523 bits per heavy atom. The first-order valence-corrected chi connectivity index (χ1v) is 19.5. The maximum absolute atomic E-state index is 12.3. The van der Waals surface area contributed by atoms with E-state index in [0.29, 0.717) is 12.8 Å². The molecule has 0 bridgehead atoms. The van der Waals surface area contributed by atoms with Crippen molar-refractivity contribution in [3.63, 3.8) is 0 Å². The molecule has 0 aliphatic carbocycles. The number of unbranched alkanes of at least 4 members (excludes halogenated alkanes) is 24. The molecule has 0 unspecified atom stereocenters. The van der Waals surface area contributed by atoms with E-state index in [4.69, 9.17) is 0 Å². The second-order valence-corrected chi connectivity index (χ2v) is 13.3. The Morgan fingerprint density at radius 2 is 0.864 bits per heavy atom. The zero-order valence-corrected chi connectivity index (χ0v) is 29.7. The van der Waals surface area contributed by atoms with Crippen molar-refractivity contribution in [3.05, 3.63) is 24.3 Å². The Morgan fingerprint density at radius 3 is 1.25 bits per heavy atom. The van der Waals surface area contributed by atoms with Crippen molar-refractivity contribution in [2.75, 3.05) is 6.61 Å². The molecule has 0 aliphatic heterocycles. The molecule has 44 heavy (non-hydrogen) atoms. The first-order chi connectivity index (χ1) is 21.7. The molecule has 4 nitrogen and oxygen atoms in total. The van der Waals surface area contributed by atoms with Gasteiger partial charge in [-0.15, -0.1) is 0 Å². The SMILES string of the molecule is CCCCCCCC/C=C/CCCCCCCCCC(=O)N[C@@H](CO)[C@H](O)CCCC/C=C/CCCCCCCCCCC. The molecule has 1 amide bonds. The van der Waals surface area contributed by atoms with Crippen molar-refractivity contribution >= 4 is 5.91 Å². The summed E-state index contributed by atoms with van der Waals surface area (Å²) in [5, 5.41) is 23.1. The number of allylic oxidation sites excluding steroid dienone is 4. The van der Waals surface area contributed by atoms with E-state index < -0.39 is 12.1 Å². The second kappa shape index (κ2) is 36.3. The zero-order valence-electron chi connectivity index (χ0n) is 29.7. The van der Waals surface area contributed by atoms with Crippen LogP contribution in [0.2, 0.25) is 0 Å². The molecule has 0 saturated heterocycles. The van der Waals surface area contributed by atoms with Crippen LogP contribution < -0.4 is 5.32 Å². The molecule has 3 N–H and O–H groups in total. The molecule has 0 rings (SSSR count). The van der Waals surface area contributed by atoms with Gasteiger partial charge in [-0.3, -0.25) is 4.79 Å². The van der Waals surface area contributed by atoms with E-state index in [2.05, 4.69) is 43.5 Å². The lowest BCUT2D eigenvalue weighted by molar-refractivity contribution is -0.123. The van der Waals surface area contributed by atoms with Crippen LogP contribution in [0, 0.1) is 0 Å². The maximum Gasteiger partial charge on any atom is 0.220 e. The van der Waals surface area contributed by atoms with Crippen LogP contribution in [0.3, 0.4) is 0 Å². The minimum absolute atomic E-state index is 0.0460.